The molecule has 1 aliphatic carbocycles. The number of benzene rings is 2. The van der Waals surface area contributed by atoms with Gasteiger partial charge in [-0.1, -0.05) is 24.9 Å². The summed E-state index contributed by atoms with van der Waals surface area (Å²) in [5, 5.41) is 6.82. The molecule has 7 heteroatoms. The Morgan fingerprint density at radius 2 is 1.74 bits per heavy atom. The number of nitrogens with one attached hydrogen (secondary N) is 1. The SMILES string of the molecule is CCCCCOc1ccc(C(=O)Nc2ccc(OCc3noc(C4CC4)n3)cc2)cc1. The summed E-state index contributed by atoms with van der Waals surface area (Å²) in [5.74, 6) is 2.94. The van der Waals surface area contributed by atoms with E-state index in [-0.39, 0.29) is 12.5 Å². The average Bonchev–Trinajstić information content (AvgIpc) is 3.54. The molecular formula is C24H27N3O4. The van der Waals surface area contributed by atoms with Crippen molar-refractivity contribution < 1.29 is 18.8 Å². The lowest BCUT2D eigenvalue weighted by molar-refractivity contribution is 0.102. The number of unbranched alkanes of at least 4 members (excludes halogenated alkanes) is 2. The summed E-state index contributed by atoms with van der Waals surface area (Å²) >= 11 is 0. The molecule has 1 aliphatic rings. The molecule has 3 aromatic rings. The van der Waals surface area contributed by atoms with Crippen molar-refractivity contribution in [1.29, 1.82) is 0 Å². The van der Waals surface area contributed by atoms with Crippen molar-refractivity contribution >= 4 is 11.6 Å². The van der Waals surface area contributed by atoms with Crippen molar-refractivity contribution in [3.63, 3.8) is 0 Å². The Bertz CT molecular complexity index is 979. The number of hydrogen-bond donors (Lipinski definition) is 1. The lowest BCUT2D eigenvalue weighted by atomic mass is 10.2. The highest BCUT2D eigenvalue weighted by atomic mass is 16.5. The summed E-state index contributed by atoms with van der Waals surface area (Å²) < 4.78 is 16.6. The highest BCUT2D eigenvalue weighted by molar-refractivity contribution is 6.04. The molecule has 0 aliphatic heterocycles. The Hall–Kier alpha value is -3.35. The molecule has 31 heavy (non-hydrogen) atoms. The quantitative estimate of drug-likeness (QED) is 0.420. The smallest absolute Gasteiger partial charge is 0.255 e. The van der Waals surface area contributed by atoms with E-state index in [1.807, 2.05) is 12.1 Å². The van der Waals surface area contributed by atoms with E-state index in [1.165, 1.54) is 0 Å². The number of nitrogens with zero attached hydrogens (tertiary/aromatic N) is 2. The number of carbonyl (C=O) groups excluding carboxylic acids is 1. The minimum atomic E-state index is -0.175. The van der Waals surface area contributed by atoms with Gasteiger partial charge in [-0.2, -0.15) is 4.98 Å². The molecule has 2 aromatic carbocycles. The fourth-order valence-electron chi connectivity index (χ4n) is 3.05. The zero-order chi connectivity index (χ0) is 21.5. The van der Waals surface area contributed by atoms with Gasteiger partial charge in [0.1, 0.15) is 11.5 Å². The zero-order valence-corrected chi connectivity index (χ0v) is 17.7. The van der Waals surface area contributed by atoms with E-state index < -0.39 is 0 Å². The van der Waals surface area contributed by atoms with Crippen LogP contribution in [0.1, 0.15) is 67.0 Å². The highest BCUT2D eigenvalue weighted by Gasteiger charge is 2.29. The van der Waals surface area contributed by atoms with Crippen LogP contribution >= 0.6 is 0 Å². The van der Waals surface area contributed by atoms with E-state index in [1.54, 1.807) is 36.4 Å². The fourth-order valence-corrected chi connectivity index (χ4v) is 3.05. The van der Waals surface area contributed by atoms with Crippen LogP contribution in [0.15, 0.2) is 53.1 Å². The third-order valence-electron chi connectivity index (χ3n) is 5.02. The summed E-state index contributed by atoms with van der Waals surface area (Å²) in [6, 6.07) is 14.4. The number of carbonyl (C=O) groups is 1. The summed E-state index contributed by atoms with van der Waals surface area (Å²) in [4.78, 5) is 16.8. The van der Waals surface area contributed by atoms with Crippen molar-refractivity contribution in [3.8, 4) is 11.5 Å². The predicted molar refractivity (Wildman–Crippen MR) is 116 cm³/mol. The Morgan fingerprint density at radius 1 is 1.03 bits per heavy atom. The minimum absolute atomic E-state index is 0.175. The van der Waals surface area contributed by atoms with Gasteiger partial charge in [0.15, 0.2) is 6.61 Å². The molecule has 4 rings (SSSR count). The molecule has 0 unspecified atom stereocenters. The van der Waals surface area contributed by atoms with E-state index >= 15 is 0 Å². The summed E-state index contributed by atoms with van der Waals surface area (Å²) in [6.45, 7) is 3.10. The van der Waals surface area contributed by atoms with E-state index in [9.17, 15) is 4.79 Å². The molecule has 7 nitrogen and oxygen atoms in total. The van der Waals surface area contributed by atoms with Gasteiger partial charge in [-0.05, 0) is 67.8 Å². The second-order valence-electron chi connectivity index (χ2n) is 7.67. The first kappa shape index (κ1) is 20.9. The third-order valence-corrected chi connectivity index (χ3v) is 5.02. The molecule has 1 saturated carbocycles. The van der Waals surface area contributed by atoms with Gasteiger partial charge in [0.25, 0.3) is 5.91 Å². The molecule has 1 amide bonds. The fraction of sp³-hybridized carbons (Fsp3) is 0.375. The summed E-state index contributed by atoms with van der Waals surface area (Å²) in [6.07, 6.45) is 5.59. The second kappa shape index (κ2) is 10.1. The van der Waals surface area contributed by atoms with Crippen LogP contribution in [0.5, 0.6) is 11.5 Å². The lowest BCUT2D eigenvalue weighted by Crippen LogP contribution is -2.11. The van der Waals surface area contributed by atoms with Crippen LogP contribution in [0, 0.1) is 0 Å². The number of ether oxygens (including phenoxy) is 2. The maximum atomic E-state index is 12.5. The Kier molecular flexibility index (Phi) is 6.82. The predicted octanol–water partition coefficient (Wildman–Crippen LogP) is 5.35. The minimum Gasteiger partial charge on any atom is -0.494 e. The molecule has 1 aromatic heterocycles. The lowest BCUT2D eigenvalue weighted by Gasteiger charge is -2.09. The normalized spacial score (nSPS) is 13.1. The zero-order valence-electron chi connectivity index (χ0n) is 17.7. The number of hydrogen-bond acceptors (Lipinski definition) is 6. The largest absolute Gasteiger partial charge is 0.494 e. The molecule has 162 valence electrons. The topological polar surface area (TPSA) is 86.5 Å². The third kappa shape index (κ3) is 6.07. The van der Waals surface area contributed by atoms with Crippen molar-refractivity contribution in [2.75, 3.05) is 11.9 Å². The second-order valence-corrected chi connectivity index (χ2v) is 7.67. The maximum Gasteiger partial charge on any atom is 0.255 e. The maximum absolute atomic E-state index is 12.5. The standard InChI is InChI=1S/C24H27N3O4/c1-2-3-4-15-29-20-11-7-17(8-12-20)23(28)25-19-9-13-21(14-10-19)30-16-22-26-24(31-27-22)18-5-6-18/h7-14,18H,2-6,15-16H2,1H3,(H,25,28). The number of anilines is 1. The van der Waals surface area contributed by atoms with Crippen molar-refractivity contribution in [3.05, 3.63) is 65.8 Å². The van der Waals surface area contributed by atoms with Crippen molar-refractivity contribution in [2.45, 2.75) is 51.6 Å². The van der Waals surface area contributed by atoms with Gasteiger partial charge in [0, 0.05) is 17.2 Å². The Morgan fingerprint density at radius 3 is 2.45 bits per heavy atom. The van der Waals surface area contributed by atoms with E-state index in [0.717, 1.165) is 37.9 Å². The summed E-state index contributed by atoms with van der Waals surface area (Å²) in [7, 11) is 0. The van der Waals surface area contributed by atoms with E-state index in [2.05, 4.69) is 22.4 Å². The molecule has 0 radical (unpaired) electrons. The Balaban J connectivity index is 1.24. The van der Waals surface area contributed by atoms with Gasteiger partial charge in [-0.15, -0.1) is 0 Å². The van der Waals surface area contributed by atoms with Gasteiger partial charge >= 0.3 is 0 Å². The first-order valence-corrected chi connectivity index (χ1v) is 10.8. The van der Waals surface area contributed by atoms with Crippen LogP contribution in [0.25, 0.3) is 0 Å². The van der Waals surface area contributed by atoms with Gasteiger partial charge in [0.05, 0.1) is 6.61 Å². The van der Waals surface area contributed by atoms with Crippen molar-refractivity contribution in [2.24, 2.45) is 0 Å². The van der Waals surface area contributed by atoms with Gasteiger partial charge < -0.3 is 19.3 Å². The number of aromatic nitrogens is 2. The molecule has 0 spiro atoms. The van der Waals surface area contributed by atoms with Gasteiger partial charge in [0.2, 0.25) is 11.7 Å². The molecule has 1 heterocycles. The van der Waals surface area contributed by atoms with Crippen LogP contribution < -0.4 is 14.8 Å². The van der Waals surface area contributed by atoms with Crippen molar-refractivity contribution in [1.82, 2.24) is 10.1 Å². The van der Waals surface area contributed by atoms with Crippen LogP contribution in [0.4, 0.5) is 5.69 Å². The van der Waals surface area contributed by atoms with Gasteiger partial charge in [-0.25, -0.2) is 0 Å². The molecule has 1 N–H and O–H groups in total. The molecule has 0 saturated heterocycles. The number of amides is 1. The Labute approximate surface area is 181 Å². The summed E-state index contributed by atoms with van der Waals surface area (Å²) in [5.41, 5.74) is 1.26. The van der Waals surface area contributed by atoms with E-state index in [0.29, 0.717) is 41.2 Å². The van der Waals surface area contributed by atoms with Crippen LogP contribution in [0.3, 0.4) is 0 Å². The number of rotatable bonds is 11. The average molecular weight is 421 g/mol. The van der Waals surface area contributed by atoms with E-state index in [4.69, 9.17) is 14.0 Å². The molecular weight excluding hydrogens is 394 g/mol. The van der Waals surface area contributed by atoms with Gasteiger partial charge in [-0.3, -0.25) is 4.79 Å². The monoisotopic (exact) mass is 421 g/mol. The molecule has 0 bridgehead atoms. The molecule has 0 atom stereocenters. The van der Waals surface area contributed by atoms with Crippen LogP contribution in [-0.2, 0) is 6.61 Å². The van der Waals surface area contributed by atoms with Crippen LogP contribution in [-0.4, -0.2) is 22.7 Å². The molecule has 1 fully saturated rings. The van der Waals surface area contributed by atoms with Crippen LogP contribution in [0.2, 0.25) is 0 Å². The first-order chi connectivity index (χ1) is 15.2. The highest BCUT2D eigenvalue weighted by Crippen LogP contribution is 2.38. The first-order valence-electron chi connectivity index (χ1n) is 10.8.